The zero-order valence-electron chi connectivity index (χ0n) is 31.1. The van der Waals surface area contributed by atoms with Gasteiger partial charge in [0, 0.05) is 53.5 Å². The zero-order chi connectivity index (χ0) is 37.6. The van der Waals surface area contributed by atoms with Crippen molar-refractivity contribution in [2.75, 3.05) is 17.2 Å². The van der Waals surface area contributed by atoms with Crippen molar-refractivity contribution in [3.05, 3.63) is 77.1 Å². The summed E-state index contributed by atoms with van der Waals surface area (Å²) in [4.78, 5) is 68.6. The van der Waals surface area contributed by atoms with Gasteiger partial charge in [-0.3, -0.25) is 19.2 Å². The number of hydrogen-bond donors (Lipinski definition) is 4. The normalized spacial score (nSPS) is 17.5. The van der Waals surface area contributed by atoms with E-state index in [-0.39, 0.29) is 47.8 Å². The number of carbonyl (C=O) groups is 5. The van der Waals surface area contributed by atoms with Gasteiger partial charge in [-0.05, 0) is 114 Å². The molecule has 0 radical (unpaired) electrons. The van der Waals surface area contributed by atoms with E-state index in [0.717, 1.165) is 40.8 Å². The summed E-state index contributed by atoms with van der Waals surface area (Å²) in [5.74, 6) is -0.985. The molecule has 1 aromatic heterocycles. The lowest BCUT2D eigenvalue weighted by Gasteiger charge is -2.29. The SMILES string of the molecule is Cc1nc(C(=O)NC(C)C)ccc1-c1ccc(C[C@H](CC(=O)C2CCC(CNC(=O)OC(C)(C)C)CC2)C(=O)Nc2ccc3c(c2)NC(=O)C3)cc1. The number of Topliss-reactive ketones (excluding diaryl/α,β-unsaturated/α-hetero) is 1. The first-order valence-electron chi connectivity index (χ1n) is 18.2. The van der Waals surface area contributed by atoms with Gasteiger partial charge in [0.1, 0.15) is 17.1 Å². The third kappa shape index (κ3) is 10.5. The maximum absolute atomic E-state index is 13.8. The van der Waals surface area contributed by atoms with Gasteiger partial charge in [-0.1, -0.05) is 36.4 Å². The van der Waals surface area contributed by atoms with E-state index in [1.807, 2.05) is 77.9 Å². The molecule has 52 heavy (non-hydrogen) atoms. The number of ether oxygens (including phenoxy) is 1. The molecule has 0 saturated heterocycles. The van der Waals surface area contributed by atoms with Crippen LogP contribution in [0.5, 0.6) is 0 Å². The molecule has 0 unspecified atom stereocenters. The van der Waals surface area contributed by atoms with Crippen LogP contribution in [0.3, 0.4) is 0 Å². The topological polar surface area (TPSA) is 156 Å². The van der Waals surface area contributed by atoms with Crippen LogP contribution < -0.4 is 21.3 Å². The summed E-state index contributed by atoms with van der Waals surface area (Å²) in [6.07, 6.45) is 3.37. The smallest absolute Gasteiger partial charge is 0.407 e. The minimum Gasteiger partial charge on any atom is -0.444 e. The highest BCUT2D eigenvalue weighted by molar-refractivity contribution is 6.01. The number of alkyl carbamates (subject to hydrolysis) is 1. The number of aryl methyl sites for hydroxylation is 1. The van der Waals surface area contributed by atoms with Gasteiger partial charge in [-0.15, -0.1) is 0 Å². The molecule has 2 aromatic carbocycles. The van der Waals surface area contributed by atoms with Crippen molar-refractivity contribution in [1.82, 2.24) is 15.6 Å². The van der Waals surface area contributed by atoms with Crippen molar-refractivity contribution in [2.45, 2.75) is 98.1 Å². The van der Waals surface area contributed by atoms with E-state index in [4.69, 9.17) is 4.74 Å². The Labute approximate surface area is 306 Å². The monoisotopic (exact) mass is 709 g/mol. The molecule has 4 N–H and O–H groups in total. The van der Waals surface area contributed by atoms with Gasteiger partial charge in [0.15, 0.2) is 0 Å². The molecule has 1 aliphatic carbocycles. The molecule has 11 heteroatoms. The number of nitrogens with one attached hydrogen (secondary N) is 4. The van der Waals surface area contributed by atoms with Crippen LogP contribution in [0.4, 0.5) is 16.2 Å². The van der Waals surface area contributed by atoms with E-state index >= 15 is 0 Å². The quantitative estimate of drug-likeness (QED) is 0.162. The number of carbonyl (C=O) groups excluding carboxylic acids is 5. The molecule has 5 rings (SSSR count). The van der Waals surface area contributed by atoms with Crippen LogP contribution in [0.25, 0.3) is 11.1 Å². The average Bonchev–Trinajstić information content (AvgIpc) is 3.45. The molecule has 1 fully saturated rings. The largest absolute Gasteiger partial charge is 0.444 e. The van der Waals surface area contributed by atoms with Crippen molar-refractivity contribution < 1.29 is 28.7 Å². The van der Waals surface area contributed by atoms with Gasteiger partial charge < -0.3 is 26.0 Å². The van der Waals surface area contributed by atoms with Gasteiger partial charge in [0.2, 0.25) is 11.8 Å². The lowest BCUT2D eigenvalue weighted by molar-refractivity contribution is -0.129. The standard InChI is InChI=1S/C41H51N5O6/c1-24(2)43-39(50)34-18-17-33(25(3)44-34)28-11-7-26(8-12-28)19-31(38(49)45-32-16-15-30-21-37(48)46-35(30)22-32)20-36(47)29-13-9-27(10-14-29)23-42-40(51)52-41(4,5)6/h7-8,11-12,15-18,22,24,27,29,31H,9-10,13-14,19-21,23H2,1-6H3,(H,42,51)(H,43,50)(H,45,49)(H,46,48)/t27?,29?,31-/m1/s1. The highest BCUT2D eigenvalue weighted by Gasteiger charge is 2.31. The molecule has 2 aliphatic rings. The number of pyridine rings is 1. The molecule has 276 valence electrons. The molecule has 1 atom stereocenters. The summed E-state index contributed by atoms with van der Waals surface area (Å²) < 4.78 is 5.35. The third-order valence-corrected chi connectivity index (χ3v) is 9.54. The predicted octanol–water partition coefficient (Wildman–Crippen LogP) is 6.78. The first kappa shape index (κ1) is 38.2. The van der Waals surface area contributed by atoms with E-state index in [9.17, 15) is 24.0 Å². The summed E-state index contributed by atoms with van der Waals surface area (Å²) in [5, 5.41) is 11.5. The Bertz CT molecular complexity index is 1800. The Morgan fingerprint density at radius 2 is 1.67 bits per heavy atom. The summed E-state index contributed by atoms with van der Waals surface area (Å²) in [7, 11) is 0. The Hall–Kier alpha value is -5.06. The fourth-order valence-electron chi connectivity index (χ4n) is 6.87. The number of anilines is 2. The van der Waals surface area contributed by atoms with Gasteiger partial charge in [0.05, 0.1) is 6.42 Å². The second-order valence-corrected chi connectivity index (χ2v) is 15.4. The molecule has 11 nitrogen and oxygen atoms in total. The Morgan fingerprint density at radius 3 is 2.33 bits per heavy atom. The summed E-state index contributed by atoms with van der Waals surface area (Å²) in [6, 6.07) is 16.9. The second kappa shape index (κ2) is 16.5. The Balaban J connectivity index is 1.25. The molecule has 1 aliphatic heterocycles. The minimum atomic E-state index is -0.616. The van der Waals surface area contributed by atoms with Crippen molar-refractivity contribution in [3.63, 3.8) is 0 Å². The number of fused-ring (bicyclic) bond motifs is 1. The first-order valence-corrected chi connectivity index (χ1v) is 18.2. The second-order valence-electron chi connectivity index (χ2n) is 15.4. The lowest BCUT2D eigenvalue weighted by Crippen LogP contribution is -2.37. The predicted molar refractivity (Wildman–Crippen MR) is 201 cm³/mol. The van der Waals surface area contributed by atoms with Crippen molar-refractivity contribution in [3.8, 4) is 11.1 Å². The average molecular weight is 710 g/mol. The molecule has 4 amide bonds. The highest BCUT2D eigenvalue weighted by atomic mass is 16.6. The van der Waals surface area contributed by atoms with Gasteiger partial charge >= 0.3 is 6.09 Å². The Kier molecular flexibility index (Phi) is 12.1. The molecular weight excluding hydrogens is 658 g/mol. The molecular formula is C41H51N5O6. The Morgan fingerprint density at radius 1 is 0.962 bits per heavy atom. The highest BCUT2D eigenvalue weighted by Crippen LogP contribution is 2.32. The number of amides is 4. The molecule has 1 saturated carbocycles. The number of benzene rings is 2. The summed E-state index contributed by atoms with van der Waals surface area (Å²) in [6.45, 7) is 11.7. The number of aromatic nitrogens is 1. The van der Waals surface area contributed by atoms with E-state index < -0.39 is 17.6 Å². The zero-order valence-corrected chi connectivity index (χ0v) is 31.1. The number of hydrogen-bond acceptors (Lipinski definition) is 7. The van der Waals surface area contributed by atoms with Crippen molar-refractivity contribution in [1.29, 1.82) is 0 Å². The van der Waals surface area contributed by atoms with Crippen LogP contribution in [0.15, 0.2) is 54.6 Å². The molecule has 0 spiro atoms. The minimum absolute atomic E-state index is 0.00827. The fraction of sp³-hybridized carbons (Fsp3) is 0.463. The third-order valence-electron chi connectivity index (χ3n) is 9.54. The maximum atomic E-state index is 13.8. The van der Waals surface area contributed by atoms with E-state index in [0.29, 0.717) is 49.3 Å². The van der Waals surface area contributed by atoms with Gasteiger partial charge in [0.25, 0.3) is 5.91 Å². The maximum Gasteiger partial charge on any atom is 0.407 e. The van der Waals surface area contributed by atoms with Crippen molar-refractivity contribution >= 4 is 41.0 Å². The fourth-order valence-corrected chi connectivity index (χ4v) is 6.87. The van der Waals surface area contributed by atoms with Crippen LogP contribution >= 0.6 is 0 Å². The molecule has 2 heterocycles. The molecule has 0 bridgehead atoms. The van der Waals surface area contributed by atoms with Gasteiger partial charge in [-0.2, -0.15) is 0 Å². The lowest BCUT2D eigenvalue weighted by atomic mass is 9.77. The van der Waals surface area contributed by atoms with E-state index in [1.165, 1.54) is 0 Å². The number of ketones is 1. The first-order chi connectivity index (χ1) is 24.6. The number of rotatable bonds is 12. The van der Waals surface area contributed by atoms with Crippen LogP contribution in [-0.2, 0) is 32.0 Å². The number of nitrogens with zero attached hydrogens (tertiary/aromatic N) is 1. The van der Waals surface area contributed by atoms with E-state index in [2.05, 4.69) is 26.3 Å². The summed E-state index contributed by atoms with van der Waals surface area (Å²) >= 11 is 0. The summed E-state index contributed by atoms with van der Waals surface area (Å²) in [5.41, 5.74) is 5.39. The van der Waals surface area contributed by atoms with Crippen molar-refractivity contribution in [2.24, 2.45) is 17.8 Å². The van der Waals surface area contributed by atoms with Crippen LogP contribution in [0.1, 0.15) is 94.0 Å². The van der Waals surface area contributed by atoms with Crippen LogP contribution in [-0.4, -0.2) is 52.8 Å². The van der Waals surface area contributed by atoms with Gasteiger partial charge in [-0.25, -0.2) is 9.78 Å². The van der Waals surface area contributed by atoms with E-state index in [1.54, 1.807) is 18.2 Å². The molecule has 3 aromatic rings. The van der Waals surface area contributed by atoms with Crippen LogP contribution in [0, 0.1) is 24.7 Å². The van der Waals surface area contributed by atoms with Crippen LogP contribution in [0.2, 0.25) is 0 Å².